The number of aliphatic carboxylic acids is 1. The van der Waals surface area contributed by atoms with E-state index in [2.05, 4.69) is 10.6 Å². The summed E-state index contributed by atoms with van der Waals surface area (Å²) < 4.78 is 13.0. The highest BCUT2D eigenvalue weighted by Crippen LogP contribution is 2.34. The zero-order valence-corrected chi connectivity index (χ0v) is 11.1. The van der Waals surface area contributed by atoms with Gasteiger partial charge >= 0.3 is 12.0 Å². The lowest BCUT2D eigenvalue weighted by Gasteiger charge is -2.17. The highest BCUT2D eigenvalue weighted by molar-refractivity contribution is 5.91. The fourth-order valence-corrected chi connectivity index (χ4v) is 2.07. The number of nitriles is 1. The molecule has 0 aromatic heterocycles. The molecule has 1 saturated carbocycles. The smallest absolute Gasteiger partial charge is 0.319 e. The summed E-state index contributed by atoms with van der Waals surface area (Å²) in [5, 5.41) is 22.7. The van der Waals surface area contributed by atoms with Gasteiger partial charge in [0.2, 0.25) is 0 Å². The van der Waals surface area contributed by atoms with E-state index in [0.29, 0.717) is 0 Å². The number of carbonyl (C=O) groups is 2. The molecular weight excluding hydrogens is 277 g/mol. The van der Waals surface area contributed by atoms with Gasteiger partial charge in [0.05, 0.1) is 17.7 Å². The Bertz CT molecular complexity index is 608. The van der Waals surface area contributed by atoms with Crippen LogP contribution in [0.2, 0.25) is 0 Å². The quantitative estimate of drug-likeness (QED) is 0.772. The van der Waals surface area contributed by atoms with Gasteiger partial charge in [-0.2, -0.15) is 5.26 Å². The number of rotatable bonds is 5. The van der Waals surface area contributed by atoms with Gasteiger partial charge in [0.1, 0.15) is 11.9 Å². The summed E-state index contributed by atoms with van der Waals surface area (Å²) in [6, 6.07) is 4.19. The number of benzene rings is 1. The van der Waals surface area contributed by atoms with Crippen LogP contribution >= 0.6 is 0 Å². The second kappa shape index (κ2) is 6.22. The maximum absolute atomic E-state index is 13.0. The van der Waals surface area contributed by atoms with Crippen LogP contribution < -0.4 is 10.6 Å². The van der Waals surface area contributed by atoms with E-state index in [1.54, 1.807) is 6.07 Å². The van der Waals surface area contributed by atoms with Crippen LogP contribution in [0, 0.1) is 23.1 Å². The first kappa shape index (κ1) is 14.8. The van der Waals surface area contributed by atoms with Gasteiger partial charge in [-0.3, -0.25) is 4.79 Å². The third-order valence-corrected chi connectivity index (χ3v) is 3.25. The molecule has 1 fully saturated rings. The number of urea groups is 1. The Morgan fingerprint density at radius 2 is 2.19 bits per heavy atom. The van der Waals surface area contributed by atoms with E-state index in [4.69, 9.17) is 10.4 Å². The van der Waals surface area contributed by atoms with Crippen molar-refractivity contribution in [1.29, 1.82) is 5.26 Å². The van der Waals surface area contributed by atoms with Crippen LogP contribution in [0.3, 0.4) is 0 Å². The molecule has 1 atom stereocenters. The number of anilines is 1. The molecule has 2 amide bonds. The van der Waals surface area contributed by atoms with Gasteiger partial charge in [-0.25, -0.2) is 9.18 Å². The zero-order valence-electron chi connectivity index (χ0n) is 11.1. The van der Waals surface area contributed by atoms with Crippen LogP contribution in [0.1, 0.15) is 24.8 Å². The van der Waals surface area contributed by atoms with Gasteiger partial charge in [0, 0.05) is 6.04 Å². The summed E-state index contributed by atoms with van der Waals surface area (Å²) in [6.45, 7) is 0. The second-order valence-corrected chi connectivity index (χ2v) is 4.94. The normalized spacial score (nSPS) is 14.9. The minimum absolute atomic E-state index is 0.00589. The fraction of sp³-hybridized carbons (Fsp3) is 0.357. The average Bonchev–Trinajstić information content (AvgIpc) is 3.24. The predicted molar refractivity (Wildman–Crippen MR) is 72.0 cm³/mol. The highest BCUT2D eigenvalue weighted by atomic mass is 19.1. The molecule has 21 heavy (non-hydrogen) atoms. The van der Waals surface area contributed by atoms with Crippen molar-refractivity contribution in [3.63, 3.8) is 0 Å². The minimum atomic E-state index is -0.980. The Hall–Kier alpha value is -2.62. The molecule has 7 heteroatoms. The van der Waals surface area contributed by atoms with Crippen molar-refractivity contribution in [1.82, 2.24) is 5.32 Å². The number of hydrogen-bond donors (Lipinski definition) is 3. The molecule has 0 bridgehead atoms. The van der Waals surface area contributed by atoms with Crippen LogP contribution in [0.4, 0.5) is 14.9 Å². The number of hydrogen-bond acceptors (Lipinski definition) is 3. The Balaban J connectivity index is 2.01. The Morgan fingerprint density at radius 3 is 2.76 bits per heavy atom. The largest absolute Gasteiger partial charge is 0.481 e. The standard InChI is InChI=1S/C14H14FN3O3/c15-10-3-4-11(9(5-10)7-16)17-14(21)18-12(6-13(19)20)8-1-2-8/h3-5,8,12H,1-2,6H2,(H,19,20)(H2,17,18,21). The van der Waals surface area contributed by atoms with E-state index < -0.39 is 23.9 Å². The van der Waals surface area contributed by atoms with Crippen LogP contribution in [0.15, 0.2) is 18.2 Å². The molecule has 2 rings (SSSR count). The second-order valence-electron chi connectivity index (χ2n) is 4.94. The van der Waals surface area contributed by atoms with Crippen molar-refractivity contribution < 1.29 is 19.1 Å². The molecular formula is C14H14FN3O3. The molecule has 3 N–H and O–H groups in total. The van der Waals surface area contributed by atoms with E-state index in [-0.39, 0.29) is 23.6 Å². The highest BCUT2D eigenvalue weighted by Gasteiger charge is 2.33. The number of nitrogens with one attached hydrogen (secondary N) is 2. The summed E-state index contributed by atoms with van der Waals surface area (Å²) in [7, 11) is 0. The number of nitrogens with zero attached hydrogens (tertiary/aromatic N) is 1. The first-order valence-electron chi connectivity index (χ1n) is 6.48. The molecule has 1 aliphatic carbocycles. The van der Waals surface area contributed by atoms with Crippen molar-refractivity contribution in [2.24, 2.45) is 5.92 Å². The Kier molecular flexibility index (Phi) is 4.38. The Labute approximate surface area is 120 Å². The number of halogens is 1. The monoisotopic (exact) mass is 291 g/mol. The van der Waals surface area contributed by atoms with E-state index in [9.17, 15) is 14.0 Å². The summed E-state index contributed by atoms with van der Waals surface area (Å²) in [5.41, 5.74) is 0.188. The maximum Gasteiger partial charge on any atom is 0.319 e. The van der Waals surface area contributed by atoms with Crippen molar-refractivity contribution in [3.8, 4) is 6.07 Å². The van der Waals surface area contributed by atoms with Gasteiger partial charge in [0.25, 0.3) is 0 Å². The topological polar surface area (TPSA) is 102 Å². The molecule has 110 valence electrons. The van der Waals surface area contributed by atoms with Gasteiger partial charge in [0.15, 0.2) is 0 Å². The first-order valence-corrected chi connectivity index (χ1v) is 6.48. The lowest BCUT2D eigenvalue weighted by atomic mass is 10.1. The van der Waals surface area contributed by atoms with Crippen LogP contribution in [0.5, 0.6) is 0 Å². The molecule has 0 radical (unpaired) electrons. The van der Waals surface area contributed by atoms with E-state index in [1.807, 2.05) is 0 Å². The molecule has 1 aromatic rings. The van der Waals surface area contributed by atoms with Gasteiger partial charge in [-0.1, -0.05) is 0 Å². The van der Waals surface area contributed by atoms with Gasteiger partial charge in [-0.05, 0) is 37.0 Å². The number of carboxylic acids is 1. The zero-order chi connectivity index (χ0) is 15.4. The third kappa shape index (κ3) is 4.18. The Morgan fingerprint density at radius 1 is 1.48 bits per heavy atom. The van der Waals surface area contributed by atoms with E-state index in [0.717, 1.165) is 25.0 Å². The van der Waals surface area contributed by atoms with Gasteiger partial charge < -0.3 is 15.7 Å². The SMILES string of the molecule is N#Cc1cc(F)ccc1NC(=O)NC(CC(=O)O)C1CC1. The third-order valence-electron chi connectivity index (χ3n) is 3.25. The molecule has 0 aliphatic heterocycles. The number of carbonyl (C=O) groups excluding carboxylic acids is 1. The summed E-state index contributed by atoms with van der Waals surface area (Å²) in [5.74, 6) is -1.37. The summed E-state index contributed by atoms with van der Waals surface area (Å²) in [4.78, 5) is 22.6. The lowest BCUT2D eigenvalue weighted by Crippen LogP contribution is -2.40. The lowest BCUT2D eigenvalue weighted by molar-refractivity contribution is -0.137. The van der Waals surface area contributed by atoms with Crippen LogP contribution in [-0.2, 0) is 4.79 Å². The van der Waals surface area contributed by atoms with Crippen molar-refractivity contribution in [2.75, 3.05) is 5.32 Å². The van der Waals surface area contributed by atoms with Crippen molar-refractivity contribution in [2.45, 2.75) is 25.3 Å². The fourth-order valence-electron chi connectivity index (χ4n) is 2.07. The molecule has 0 heterocycles. The van der Waals surface area contributed by atoms with Gasteiger partial charge in [-0.15, -0.1) is 0 Å². The summed E-state index contributed by atoms with van der Waals surface area (Å²) in [6.07, 6.45) is 1.63. The molecule has 0 saturated heterocycles. The molecule has 0 spiro atoms. The molecule has 1 aromatic carbocycles. The van der Waals surface area contributed by atoms with E-state index >= 15 is 0 Å². The predicted octanol–water partition coefficient (Wildman–Crippen LogP) is 2.07. The average molecular weight is 291 g/mol. The van der Waals surface area contributed by atoms with Crippen molar-refractivity contribution in [3.05, 3.63) is 29.6 Å². The first-order chi connectivity index (χ1) is 9.99. The maximum atomic E-state index is 13.0. The molecule has 6 nitrogen and oxygen atoms in total. The number of amides is 2. The van der Waals surface area contributed by atoms with Crippen molar-refractivity contribution >= 4 is 17.7 Å². The number of carboxylic acid groups (broad SMARTS) is 1. The summed E-state index contributed by atoms with van der Waals surface area (Å²) >= 11 is 0. The minimum Gasteiger partial charge on any atom is -0.481 e. The molecule has 1 unspecified atom stereocenters. The van der Waals surface area contributed by atoms with E-state index in [1.165, 1.54) is 6.07 Å². The van der Waals surface area contributed by atoms with Crippen LogP contribution in [-0.4, -0.2) is 23.1 Å². The van der Waals surface area contributed by atoms with Crippen LogP contribution in [0.25, 0.3) is 0 Å². The molecule has 1 aliphatic rings.